The van der Waals surface area contributed by atoms with Crippen LogP contribution in [0.3, 0.4) is 0 Å². The van der Waals surface area contributed by atoms with Gasteiger partial charge in [-0.05, 0) is 11.6 Å². The molecule has 23 heavy (non-hydrogen) atoms. The van der Waals surface area contributed by atoms with Gasteiger partial charge in [-0.2, -0.15) is 0 Å². The van der Waals surface area contributed by atoms with Gasteiger partial charge in [0.1, 0.15) is 0 Å². The quantitative estimate of drug-likeness (QED) is 0.373. The largest absolute Gasteiger partial charge is 0.481 e. The minimum Gasteiger partial charge on any atom is -0.481 e. The summed E-state index contributed by atoms with van der Waals surface area (Å²) in [6, 6.07) is 8.63. The molecule has 0 aliphatic carbocycles. The van der Waals surface area contributed by atoms with Crippen molar-refractivity contribution in [3.05, 3.63) is 42.0 Å². The maximum atomic E-state index is 11.5. The average molecular weight is 322 g/mol. The summed E-state index contributed by atoms with van der Waals surface area (Å²) in [4.78, 5) is 44.3. The first kappa shape index (κ1) is 18.1. The van der Waals surface area contributed by atoms with E-state index in [1.165, 1.54) is 6.08 Å². The number of aliphatic carboxylic acids is 2. The molecule has 0 aromatic heterocycles. The predicted molar refractivity (Wildman–Crippen MR) is 76.0 cm³/mol. The first-order valence-electron chi connectivity index (χ1n) is 6.38. The highest BCUT2D eigenvalue weighted by Gasteiger charge is 2.41. The van der Waals surface area contributed by atoms with Gasteiger partial charge in [0.25, 0.3) is 0 Å². The van der Waals surface area contributed by atoms with Crippen molar-refractivity contribution in [1.29, 1.82) is 0 Å². The van der Waals surface area contributed by atoms with E-state index < -0.39 is 42.3 Å². The van der Waals surface area contributed by atoms with Crippen LogP contribution < -0.4 is 0 Å². The molecule has 0 bridgehead atoms. The lowest BCUT2D eigenvalue weighted by atomic mass is 9.96. The Morgan fingerprint density at radius 2 is 1.65 bits per heavy atom. The molecule has 0 fully saturated rings. The Bertz CT molecular complexity index is 634. The minimum absolute atomic E-state index is 0.671. The molecule has 1 unspecified atom stereocenters. The van der Waals surface area contributed by atoms with Crippen molar-refractivity contribution < 1.29 is 39.2 Å². The van der Waals surface area contributed by atoms with Crippen LogP contribution in [0.4, 0.5) is 0 Å². The molecule has 0 aliphatic rings. The Kier molecular flexibility index (Phi) is 6.16. The molecule has 8 heteroatoms. The molecule has 1 atom stereocenters. The van der Waals surface area contributed by atoms with Crippen LogP contribution in [0.2, 0.25) is 0 Å². The summed E-state index contributed by atoms with van der Waals surface area (Å²) < 4.78 is 4.32. The Labute approximate surface area is 130 Å². The summed E-state index contributed by atoms with van der Waals surface area (Å²) in [5.41, 5.74) is -2.17. The van der Waals surface area contributed by atoms with E-state index in [1.807, 2.05) is 0 Å². The van der Waals surface area contributed by atoms with Crippen molar-refractivity contribution in [2.45, 2.75) is 18.4 Å². The van der Waals surface area contributed by atoms with E-state index in [0.717, 1.165) is 6.08 Å². The third-order valence-electron chi connectivity index (χ3n) is 2.70. The molecule has 0 radical (unpaired) electrons. The van der Waals surface area contributed by atoms with Crippen LogP contribution in [0.15, 0.2) is 36.4 Å². The standard InChI is InChI=1S/C15H14O8/c16-11(17)8-15(22,14(20)21)9-13(19)23-12(18)7-6-10-4-2-1-3-5-10/h1-7,22H,8-9H2,(H,16,17)(H,20,21)/b7-6+. The molecule has 0 spiro atoms. The zero-order valence-electron chi connectivity index (χ0n) is 11.8. The molecule has 0 saturated heterocycles. The zero-order valence-corrected chi connectivity index (χ0v) is 11.8. The summed E-state index contributed by atoms with van der Waals surface area (Å²) >= 11 is 0. The maximum Gasteiger partial charge on any atom is 0.338 e. The summed E-state index contributed by atoms with van der Waals surface area (Å²) in [7, 11) is 0. The van der Waals surface area contributed by atoms with Crippen LogP contribution in [-0.4, -0.2) is 44.8 Å². The molecular weight excluding hydrogens is 308 g/mol. The Balaban J connectivity index is 2.64. The molecule has 1 aromatic rings. The Morgan fingerprint density at radius 1 is 1.04 bits per heavy atom. The molecule has 3 N–H and O–H groups in total. The van der Waals surface area contributed by atoms with Crippen LogP contribution in [0.1, 0.15) is 18.4 Å². The second-order valence-corrected chi connectivity index (χ2v) is 4.62. The highest BCUT2D eigenvalue weighted by molar-refractivity contribution is 5.97. The van der Waals surface area contributed by atoms with Crippen molar-refractivity contribution in [1.82, 2.24) is 0 Å². The van der Waals surface area contributed by atoms with Gasteiger partial charge in [-0.25, -0.2) is 9.59 Å². The third kappa shape index (κ3) is 6.10. The number of carbonyl (C=O) groups excluding carboxylic acids is 2. The van der Waals surface area contributed by atoms with Gasteiger partial charge in [-0.1, -0.05) is 30.3 Å². The Hall–Kier alpha value is -3.00. The topological polar surface area (TPSA) is 138 Å². The number of hydrogen-bond donors (Lipinski definition) is 3. The number of hydrogen-bond acceptors (Lipinski definition) is 6. The van der Waals surface area contributed by atoms with Gasteiger partial charge in [0.05, 0.1) is 12.8 Å². The van der Waals surface area contributed by atoms with Gasteiger partial charge >= 0.3 is 23.9 Å². The van der Waals surface area contributed by atoms with Gasteiger partial charge in [0.2, 0.25) is 0 Å². The van der Waals surface area contributed by atoms with Gasteiger partial charge in [0, 0.05) is 6.08 Å². The predicted octanol–water partition coefficient (Wildman–Crippen LogP) is 0.450. The zero-order chi connectivity index (χ0) is 17.5. The molecule has 1 aromatic carbocycles. The molecule has 1 rings (SSSR count). The van der Waals surface area contributed by atoms with Crippen molar-refractivity contribution in [3.8, 4) is 0 Å². The minimum atomic E-state index is -2.84. The van der Waals surface area contributed by atoms with Gasteiger partial charge in [-0.3, -0.25) is 9.59 Å². The number of esters is 2. The number of carboxylic acids is 2. The number of carbonyl (C=O) groups is 4. The van der Waals surface area contributed by atoms with E-state index in [-0.39, 0.29) is 0 Å². The molecule has 0 heterocycles. The van der Waals surface area contributed by atoms with E-state index in [2.05, 4.69) is 4.74 Å². The van der Waals surface area contributed by atoms with Gasteiger partial charge in [-0.15, -0.1) is 0 Å². The summed E-state index contributed by atoms with van der Waals surface area (Å²) in [5.74, 6) is -5.93. The van der Waals surface area contributed by atoms with Crippen LogP contribution in [-0.2, 0) is 23.9 Å². The molecule has 8 nitrogen and oxygen atoms in total. The van der Waals surface area contributed by atoms with E-state index in [0.29, 0.717) is 5.56 Å². The smallest absolute Gasteiger partial charge is 0.338 e. The first-order chi connectivity index (χ1) is 10.7. The van der Waals surface area contributed by atoms with Crippen molar-refractivity contribution in [3.63, 3.8) is 0 Å². The fraction of sp³-hybridized carbons (Fsp3) is 0.200. The van der Waals surface area contributed by atoms with Crippen molar-refractivity contribution in [2.75, 3.05) is 0 Å². The monoisotopic (exact) mass is 322 g/mol. The number of ether oxygens (including phenoxy) is 1. The average Bonchev–Trinajstić information content (AvgIpc) is 2.45. The summed E-state index contributed by atoms with van der Waals surface area (Å²) in [5, 5.41) is 27.0. The number of rotatable bonds is 7. The normalized spacial score (nSPS) is 13.3. The highest BCUT2D eigenvalue weighted by Crippen LogP contribution is 2.17. The van der Waals surface area contributed by atoms with E-state index in [1.54, 1.807) is 30.3 Å². The molecular formula is C15H14O8. The van der Waals surface area contributed by atoms with Crippen molar-refractivity contribution in [2.24, 2.45) is 0 Å². The molecule has 122 valence electrons. The lowest BCUT2D eigenvalue weighted by molar-refractivity contribution is -0.173. The molecule has 0 aliphatic heterocycles. The van der Waals surface area contributed by atoms with Crippen LogP contribution in [0, 0.1) is 0 Å². The fourth-order valence-corrected chi connectivity index (χ4v) is 1.61. The number of benzene rings is 1. The number of carboxylic acid groups (broad SMARTS) is 2. The summed E-state index contributed by atoms with van der Waals surface area (Å²) in [6.45, 7) is 0. The SMILES string of the molecule is O=C(O)CC(O)(CC(=O)OC(=O)/C=C/c1ccccc1)C(=O)O. The van der Waals surface area contributed by atoms with Crippen molar-refractivity contribution >= 4 is 30.0 Å². The Morgan fingerprint density at radius 3 is 2.17 bits per heavy atom. The second-order valence-electron chi connectivity index (χ2n) is 4.62. The lowest BCUT2D eigenvalue weighted by Gasteiger charge is -2.19. The highest BCUT2D eigenvalue weighted by atomic mass is 16.6. The lowest BCUT2D eigenvalue weighted by Crippen LogP contribution is -2.43. The van der Waals surface area contributed by atoms with Crippen LogP contribution in [0.5, 0.6) is 0 Å². The van der Waals surface area contributed by atoms with E-state index >= 15 is 0 Å². The third-order valence-corrected chi connectivity index (χ3v) is 2.70. The second kappa shape index (κ2) is 7.85. The molecule has 0 amide bonds. The molecule has 0 saturated carbocycles. The van der Waals surface area contributed by atoms with Crippen LogP contribution in [0.25, 0.3) is 6.08 Å². The van der Waals surface area contributed by atoms with Gasteiger partial charge < -0.3 is 20.1 Å². The number of aliphatic hydroxyl groups is 1. The fourth-order valence-electron chi connectivity index (χ4n) is 1.61. The van der Waals surface area contributed by atoms with Crippen LogP contribution >= 0.6 is 0 Å². The van der Waals surface area contributed by atoms with Gasteiger partial charge in [0.15, 0.2) is 5.60 Å². The maximum absolute atomic E-state index is 11.5. The summed E-state index contributed by atoms with van der Waals surface area (Å²) in [6.07, 6.45) is -0.0501. The first-order valence-corrected chi connectivity index (χ1v) is 6.38. The van der Waals surface area contributed by atoms with E-state index in [9.17, 15) is 24.3 Å². The van der Waals surface area contributed by atoms with E-state index in [4.69, 9.17) is 10.2 Å².